The maximum atomic E-state index is 11.7. The predicted octanol–water partition coefficient (Wildman–Crippen LogP) is 1.53. The summed E-state index contributed by atoms with van der Waals surface area (Å²) in [6.45, 7) is 3.56. The van der Waals surface area contributed by atoms with Crippen LogP contribution in [0.5, 0.6) is 0 Å². The van der Waals surface area contributed by atoms with Crippen molar-refractivity contribution in [1.82, 2.24) is 10.6 Å². The number of hydrogen-bond donors (Lipinski definition) is 2. The van der Waals surface area contributed by atoms with Gasteiger partial charge in [-0.1, -0.05) is 30.7 Å². The van der Waals surface area contributed by atoms with E-state index in [9.17, 15) is 4.79 Å². The Morgan fingerprint density at radius 2 is 2.25 bits per heavy atom. The van der Waals surface area contributed by atoms with E-state index in [0.717, 1.165) is 12.1 Å². The number of piperazine rings is 1. The van der Waals surface area contributed by atoms with Crippen molar-refractivity contribution in [2.45, 2.75) is 18.9 Å². The second kappa shape index (κ2) is 4.85. The molecule has 0 aromatic heterocycles. The summed E-state index contributed by atoms with van der Waals surface area (Å²) in [6.07, 6.45) is 0. The van der Waals surface area contributed by atoms with Crippen LogP contribution in [0.1, 0.15) is 18.4 Å². The summed E-state index contributed by atoms with van der Waals surface area (Å²) in [4.78, 5) is 11.7. The minimum absolute atomic E-state index is 0.0683. The number of nitrogens with one attached hydrogen (secondary N) is 2. The average molecular weight is 239 g/mol. The molecule has 16 heavy (non-hydrogen) atoms. The maximum Gasteiger partial charge on any atom is 0.237 e. The summed E-state index contributed by atoms with van der Waals surface area (Å²) in [5, 5.41) is 6.80. The van der Waals surface area contributed by atoms with Gasteiger partial charge in [0.25, 0.3) is 0 Å². The van der Waals surface area contributed by atoms with Crippen LogP contribution in [-0.2, 0) is 4.79 Å². The quantitative estimate of drug-likeness (QED) is 0.821. The van der Waals surface area contributed by atoms with E-state index in [1.54, 1.807) is 0 Å². The van der Waals surface area contributed by atoms with Crippen LogP contribution in [0.15, 0.2) is 24.3 Å². The first-order valence-corrected chi connectivity index (χ1v) is 5.83. The topological polar surface area (TPSA) is 41.1 Å². The van der Waals surface area contributed by atoms with Gasteiger partial charge < -0.3 is 10.6 Å². The molecule has 86 valence electrons. The van der Waals surface area contributed by atoms with Crippen LogP contribution in [0, 0.1) is 0 Å². The number of carbonyl (C=O) groups excluding carboxylic acids is 1. The number of benzene rings is 1. The van der Waals surface area contributed by atoms with E-state index in [-0.39, 0.29) is 17.9 Å². The van der Waals surface area contributed by atoms with Crippen molar-refractivity contribution in [3.8, 4) is 0 Å². The van der Waals surface area contributed by atoms with Crippen molar-refractivity contribution in [3.05, 3.63) is 34.9 Å². The Kier molecular flexibility index (Phi) is 3.46. The van der Waals surface area contributed by atoms with Crippen LogP contribution in [0.25, 0.3) is 0 Å². The van der Waals surface area contributed by atoms with Gasteiger partial charge in [-0.2, -0.15) is 0 Å². The minimum Gasteiger partial charge on any atom is -0.353 e. The Bertz CT molecular complexity index is 394. The molecule has 4 heteroatoms. The van der Waals surface area contributed by atoms with Crippen molar-refractivity contribution >= 4 is 17.5 Å². The molecule has 0 aliphatic carbocycles. The van der Waals surface area contributed by atoms with Crippen LogP contribution in [-0.4, -0.2) is 25.0 Å². The van der Waals surface area contributed by atoms with Gasteiger partial charge in [0.15, 0.2) is 0 Å². The molecule has 1 aromatic rings. The third kappa shape index (κ3) is 2.36. The molecule has 0 bridgehead atoms. The lowest BCUT2D eigenvalue weighted by atomic mass is 9.92. The van der Waals surface area contributed by atoms with E-state index in [4.69, 9.17) is 11.6 Å². The number of halogens is 1. The van der Waals surface area contributed by atoms with Crippen molar-refractivity contribution in [2.24, 2.45) is 0 Å². The van der Waals surface area contributed by atoms with Crippen molar-refractivity contribution in [2.75, 3.05) is 13.1 Å². The second-order valence-electron chi connectivity index (χ2n) is 4.07. The molecule has 1 aliphatic heterocycles. The predicted molar refractivity (Wildman–Crippen MR) is 64.7 cm³/mol. The lowest BCUT2D eigenvalue weighted by molar-refractivity contribution is -0.124. The highest BCUT2D eigenvalue weighted by Crippen LogP contribution is 2.23. The third-order valence-corrected chi connectivity index (χ3v) is 3.18. The van der Waals surface area contributed by atoms with Crippen LogP contribution >= 0.6 is 11.6 Å². The zero-order chi connectivity index (χ0) is 11.5. The Hall–Kier alpha value is -1.06. The summed E-state index contributed by atoms with van der Waals surface area (Å²) in [6, 6.07) is 7.50. The molecule has 2 unspecified atom stereocenters. The fourth-order valence-electron chi connectivity index (χ4n) is 2.00. The van der Waals surface area contributed by atoms with Gasteiger partial charge in [0, 0.05) is 24.0 Å². The van der Waals surface area contributed by atoms with Crippen LogP contribution in [0.4, 0.5) is 0 Å². The highest BCUT2D eigenvalue weighted by molar-refractivity contribution is 6.30. The third-order valence-electron chi connectivity index (χ3n) is 2.95. The van der Waals surface area contributed by atoms with Gasteiger partial charge in [0.05, 0.1) is 6.04 Å². The van der Waals surface area contributed by atoms with Gasteiger partial charge in [0.2, 0.25) is 5.91 Å². The lowest BCUT2D eigenvalue weighted by Gasteiger charge is -2.28. The average Bonchev–Trinajstić information content (AvgIpc) is 2.29. The first-order valence-electron chi connectivity index (χ1n) is 5.45. The van der Waals surface area contributed by atoms with Gasteiger partial charge in [0.1, 0.15) is 0 Å². The number of rotatable bonds is 2. The molecule has 1 heterocycles. The standard InChI is InChI=1S/C12H15ClN2O/c1-8(9-3-2-4-10(13)7-9)11-12(16)15-6-5-14-11/h2-4,7-8,11,14H,5-6H2,1H3,(H,15,16). The normalized spacial score (nSPS) is 22.6. The Morgan fingerprint density at radius 3 is 2.94 bits per heavy atom. The van der Waals surface area contributed by atoms with E-state index < -0.39 is 0 Å². The van der Waals surface area contributed by atoms with Gasteiger partial charge in [-0.15, -0.1) is 0 Å². The van der Waals surface area contributed by atoms with E-state index in [1.807, 2.05) is 31.2 Å². The molecule has 1 aliphatic rings. The monoisotopic (exact) mass is 238 g/mol. The Morgan fingerprint density at radius 1 is 1.44 bits per heavy atom. The summed E-state index contributed by atoms with van der Waals surface area (Å²) in [5.41, 5.74) is 1.09. The molecule has 2 N–H and O–H groups in total. The fourth-order valence-corrected chi connectivity index (χ4v) is 2.20. The highest BCUT2D eigenvalue weighted by atomic mass is 35.5. The van der Waals surface area contributed by atoms with Crippen molar-refractivity contribution in [3.63, 3.8) is 0 Å². The van der Waals surface area contributed by atoms with E-state index in [1.165, 1.54) is 0 Å². The summed E-state index contributed by atoms with van der Waals surface area (Å²) >= 11 is 5.94. The molecule has 3 nitrogen and oxygen atoms in total. The molecular weight excluding hydrogens is 224 g/mol. The van der Waals surface area contributed by atoms with Gasteiger partial charge >= 0.3 is 0 Å². The first-order chi connectivity index (χ1) is 7.68. The zero-order valence-corrected chi connectivity index (χ0v) is 9.92. The smallest absolute Gasteiger partial charge is 0.237 e. The zero-order valence-electron chi connectivity index (χ0n) is 9.16. The molecule has 1 saturated heterocycles. The van der Waals surface area contributed by atoms with Crippen LogP contribution in [0.3, 0.4) is 0 Å². The Labute approximate surface area is 100 Å². The van der Waals surface area contributed by atoms with Crippen molar-refractivity contribution < 1.29 is 4.79 Å². The van der Waals surface area contributed by atoms with E-state index >= 15 is 0 Å². The number of amides is 1. The summed E-state index contributed by atoms with van der Waals surface area (Å²) in [5.74, 6) is 0.192. The van der Waals surface area contributed by atoms with Crippen LogP contribution < -0.4 is 10.6 Å². The highest BCUT2D eigenvalue weighted by Gasteiger charge is 2.27. The largest absolute Gasteiger partial charge is 0.353 e. The number of carbonyl (C=O) groups is 1. The van der Waals surface area contributed by atoms with Gasteiger partial charge in [-0.05, 0) is 17.7 Å². The Balaban J connectivity index is 2.17. The summed E-state index contributed by atoms with van der Waals surface area (Å²) in [7, 11) is 0. The molecule has 0 saturated carbocycles. The first kappa shape index (κ1) is 11.4. The lowest BCUT2D eigenvalue weighted by Crippen LogP contribution is -2.54. The molecule has 0 spiro atoms. The van der Waals surface area contributed by atoms with Crippen molar-refractivity contribution in [1.29, 1.82) is 0 Å². The van der Waals surface area contributed by atoms with Gasteiger partial charge in [-0.3, -0.25) is 4.79 Å². The van der Waals surface area contributed by atoms with Gasteiger partial charge in [-0.25, -0.2) is 0 Å². The van der Waals surface area contributed by atoms with Crippen LogP contribution in [0.2, 0.25) is 5.02 Å². The molecule has 2 atom stereocenters. The van der Waals surface area contributed by atoms with E-state index in [0.29, 0.717) is 11.6 Å². The minimum atomic E-state index is -0.160. The molecule has 1 fully saturated rings. The maximum absolute atomic E-state index is 11.7. The number of hydrogen-bond acceptors (Lipinski definition) is 2. The summed E-state index contributed by atoms with van der Waals surface area (Å²) < 4.78 is 0. The SMILES string of the molecule is CC(c1cccc(Cl)c1)C1NCCNC1=O. The molecule has 1 amide bonds. The fraction of sp³-hybridized carbons (Fsp3) is 0.417. The second-order valence-corrected chi connectivity index (χ2v) is 4.50. The molecular formula is C12H15ClN2O. The van der Waals surface area contributed by atoms with E-state index in [2.05, 4.69) is 10.6 Å². The molecule has 0 radical (unpaired) electrons. The molecule has 2 rings (SSSR count). The molecule has 1 aromatic carbocycles.